The first-order chi connectivity index (χ1) is 4.81. The lowest BCUT2D eigenvalue weighted by Crippen LogP contribution is -2.38. The molecule has 0 heterocycles. The third kappa shape index (κ3) is 3.50. The molecule has 0 aromatic carbocycles. The highest BCUT2D eigenvalue weighted by Gasteiger charge is 2.35. The molecule has 0 amide bonds. The highest BCUT2D eigenvalue weighted by atomic mass is 32.1. The molecule has 2 radical (unpaired) electrons. The Labute approximate surface area is 75.8 Å². The summed E-state index contributed by atoms with van der Waals surface area (Å²) in [5, 5.41) is 0. The van der Waals surface area contributed by atoms with Crippen LogP contribution in [0.3, 0.4) is 0 Å². The van der Waals surface area contributed by atoms with Gasteiger partial charge in [-0.05, 0) is 30.9 Å². The summed E-state index contributed by atoms with van der Waals surface area (Å²) in [5.74, 6) is 0.791. The number of hydrogen-bond donors (Lipinski definition) is 1. The predicted molar refractivity (Wildman–Crippen MR) is 52.1 cm³/mol. The molecular weight excluding hydrogens is 158 g/mol. The Hall–Kier alpha value is 0.345. The Morgan fingerprint density at radius 2 is 1.82 bits per heavy atom. The van der Waals surface area contributed by atoms with E-state index in [-0.39, 0.29) is 0 Å². The maximum absolute atomic E-state index is 13.2. The number of hydrogen-bond acceptors (Lipinski definition) is 1. The van der Waals surface area contributed by atoms with Gasteiger partial charge >= 0.3 is 0 Å². The molecule has 0 aliphatic carbocycles. The van der Waals surface area contributed by atoms with Crippen LogP contribution in [0.2, 0.25) is 0 Å². The number of halogens is 1. The van der Waals surface area contributed by atoms with Crippen LogP contribution in [0.15, 0.2) is 0 Å². The molecule has 3 heteroatoms. The molecule has 0 spiro atoms. The van der Waals surface area contributed by atoms with Crippen molar-refractivity contribution in [3.05, 3.63) is 0 Å². The van der Waals surface area contributed by atoms with Crippen molar-refractivity contribution in [2.45, 2.75) is 39.2 Å². The first-order valence-corrected chi connectivity index (χ1v) is 4.53. The van der Waals surface area contributed by atoms with Gasteiger partial charge in [0.05, 0.1) is 5.57 Å². The smallest absolute Gasteiger partial charge is 0.121 e. The summed E-state index contributed by atoms with van der Waals surface area (Å²) < 4.78 is 13.2. The van der Waals surface area contributed by atoms with Crippen molar-refractivity contribution in [2.75, 3.05) is 5.75 Å². The van der Waals surface area contributed by atoms with Crippen molar-refractivity contribution in [2.24, 2.45) is 5.41 Å². The Morgan fingerprint density at radius 1 is 1.36 bits per heavy atom. The van der Waals surface area contributed by atoms with Gasteiger partial charge in [0, 0.05) is 0 Å². The zero-order valence-corrected chi connectivity index (χ0v) is 8.42. The van der Waals surface area contributed by atoms with Gasteiger partial charge in [-0.1, -0.05) is 13.8 Å². The summed E-state index contributed by atoms with van der Waals surface area (Å²) in [6.07, 6.45) is 1.69. The molecule has 0 aliphatic rings. The zero-order valence-electron chi connectivity index (χ0n) is 7.52. The lowest BCUT2D eigenvalue weighted by atomic mass is 9.64. The fourth-order valence-corrected chi connectivity index (χ4v) is 0.924. The van der Waals surface area contributed by atoms with E-state index in [0.29, 0.717) is 0 Å². The van der Waals surface area contributed by atoms with Gasteiger partial charge in [-0.2, -0.15) is 12.6 Å². The lowest BCUT2D eigenvalue weighted by Gasteiger charge is -2.35. The van der Waals surface area contributed by atoms with Crippen molar-refractivity contribution in [3.63, 3.8) is 0 Å². The molecule has 1 atom stereocenters. The minimum Gasteiger partial charge on any atom is -0.255 e. The summed E-state index contributed by atoms with van der Waals surface area (Å²) >= 11 is 4.06. The SMILES string of the molecule is [B]C(C)(F)C(C)(C)CCCS. The van der Waals surface area contributed by atoms with Crippen molar-refractivity contribution < 1.29 is 4.39 Å². The van der Waals surface area contributed by atoms with Gasteiger partial charge in [0.25, 0.3) is 0 Å². The van der Waals surface area contributed by atoms with Crippen molar-refractivity contribution in [3.8, 4) is 0 Å². The minimum absolute atomic E-state index is 0.449. The molecule has 0 N–H and O–H groups in total. The molecular formula is C8H16BFS. The largest absolute Gasteiger partial charge is 0.255 e. The van der Waals surface area contributed by atoms with E-state index in [1.807, 2.05) is 13.8 Å². The van der Waals surface area contributed by atoms with E-state index in [1.165, 1.54) is 6.92 Å². The van der Waals surface area contributed by atoms with Crippen LogP contribution in [0.5, 0.6) is 0 Å². The van der Waals surface area contributed by atoms with Gasteiger partial charge in [-0.3, -0.25) is 4.39 Å². The van der Waals surface area contributed by atoms with Crippen LogP contribution in [0.4, 0.5) is 4.39 Å². The third-order valence-corrected chi connectivity index (χ3v) is 2.60. The van der Waals surface area contributed by atoms with Crippen LogP contribution >= 0.6 is 12.6 Å². The predicted octanol–water partition coefficient (Wildman–Crippen LogP) is 2.58. The molecule has 0 rings (SSSR count). The zero-order chi connectivity index (χ0) is 9.12. The summed E-state index contributed by atoms with van der Waals surface area (Å²) in [7, 11) is 5.36. The first-order valence-electron chi connectivity index (χ1n) is 3.90. The van der Waals surface area contributed by atoms with E-state index >= 15 is 0 Å². The molecule has 0 bridgehead atoms. The van der Waals surface area contributed by atoms with Gasteiger partial charge in [-0.15, -0.1) is 0 Å². The summed E-state index contributed by atoms with van der Waals surface area (Å²) in [6, 6.07) is 0. The molecule has 1 unspecified atom stereocenters. The topological polar surface area (TPSA) is 0 Å². The van der Waals surface area contributed by atoms with E-state index in [4.69, 9.17) is 7.85 Å². The number of alkyl halides is 1. The quantitative estimate of drug-likeness (QED) is 0.491. The van der Waals surface area contributed by atoms with Gasteiger partial charge < -0.3 is 0 Å². The normalized spacial score (nSPS) is 17.9. The minimum atomic E-state index is -1.59. The van der Waals surface area contributed by atoms with E-state index in [9.17, 15) is 4.39 Å². The molecule has 0 fully saturated rings. The van der Waals surface area contributed by atoms with Crippen LogP contribution in [-0.2, 0) is 0 Å². The molecule has 0 nitrogen and oxygen atoms in total. The molecule has 0 aliphatic heterocycles. The number of thiol groups is 1. The van der Waals surface area contributed by atoms with Crippen LogP contribution in [0.1, 0.15) is 33.6 Å². The third-order valence-electron chi connectivity index (χ3n) is 2.28. The van der Waals surface area contributed by atoms with Crippen molar-refractivity contribution in [1.82, 2.24) is 0 Å². The van der Waals surface area contributed by atoms with Crippen LogP contribution < -0.4 is 0 Å². The Bertz CT molecular complexity index is 118. The van der Waals surface area contributed by atoms with Crippen LogP contribution in [0.25, 0.3) is 0 Å². The molecule has 64 valence electrons. The van der Waals surface area contributed by atoms with Gasteiger partial charge in [0.2, 0.25) is 0 Å². The van der Waals surface area contributed by atoms with Gasteiger partial charge in [0.1, 0.15) is 7.85 Å². The fraction of sp³-hybridized carbons (Fsp3) is 1.00. The fourth-order valence-electron chi connectivity index (χ4n) is 0.765. The second-order valence-corrected chi connectivity index (χ2v) is 4.23. The number of rotatable bonds is 4. The van der Waals surface area contributed by atoms with Crippen molar-refractivity contribution in [1.29, 1.82) is 0 Å². The van der Waals surface area contributed by atoms with E-state index in [0.717, 1.165) is 18.6 Å². The summed E-state index contributed by atoms with van der Waals surface area (Å²) in [4.78, 5) is 0. The monoisotopic (exact) mass is 174 g/mol. The molecule has 0 saturated heterocycles. The average Bonchev–Trinajstić information content (AvgIpc) is 1.81. The highest BCUT2D eigenvalue weighted by Crippen LogP contribution is 2.35. The molecule has 0 saturated carbocycles. The first kappa shape index (κ1) is 11.3. The Morgan fingerprint density at radius 3 is 2.09 bits per heavy atom. The second-order valence-electron chi connectivity index (χ2n) is 3.79. The highest BCUT2D eigenvalue weighted by molar-refractivity contribution is 7.80. The standard InChI is InChI=1S/C8H16BFS/c1-7(2,5-4-6-11)8(3,9)10/h11H,4-6H2,1-3H3. The van der Waals surface area contributed by atoms with E-state index in [1.54, 1.807) is 0 Å². The second kappa shape index (κ2) is 3.84. The molecule has 0 aromatic rings. The average molecular weight is 174 g/mol. The van der Waals surface area contributed by atoms with Gasteiger partial charge in [0.15, 0.2) is 0 Å². The maximum Gasteiger partial charge on any atom is 0.121 e. The van der Waals surface area contributed by atoms with Crippen LogP contribution in [0, 0.1) is 5.41 Å². The lowest BCUT2D eigenvalue weighted by molar-refractivity contribution is 0.106. The van der Waals surface area contributed by atoms with E-state index < -0.39 is 11.0 Å². The Balaban J connectivity index is 4.00. The van der Waals surface area contributed by atoms with Crippen molar-refractivity contribution >= 4 is 20.5 Å². The van der Waals surface area contributed by atoms with E-state index in [2.05, 4.69) is 12.6 Å². The van der Waals surface area contributed by atoms with Crippen LogP contribution in [-0.4, -0.2) is 19.2 Å². The Kier molecular flexibility index (Phi) is 3.96. The van der Waals surface area contributed by atoms with Gasteiger partial charge in [-0.25, -0.2) is 0 Å². The molecule has 0 aromatic heterocycles. The maximum atomic E-state index is 13.2. The molecule has 11 heavy (non-hydrogen) atoms. The summed E-state index contributed by atoms with van der Waals surface area (Å²) in [6.45, 7) is 5.11. The summed E-state index contributed by atoms with van der Waals surface area (Å²) in [5.41, 5.74) is -2.04.